The number of carbonyl (C=O) groups excluding carboxylic acids is 1. The van der Waals surface area contributed by atoms with E-state index in [1.165, 1.54) is 0 Å². The molecule has 1 aromatic heterocycles. The van der Waals surface area contributed by atoms with Crippen LogP contribution in [0, 0.1) is 6.92 Å². The normalized spacial score (nSPS) is 10.6. The summed E-state index contributed by atoms with van der Waals surface area (Å²) in [5.41, 5.74) is 7.07. The molecule has 0 unspecified atom stereocenters. The van der Waals surface area contributed by atoms with Crippen molar-refractivity contribution in [2.45, 2.75) is 13.3 Å². The molecule has 0 aliphatic heterocycles. The number of hydrogen-bond donors (Lipinski definition) is 1. The maximum Gasteiger partial charge on any atom is 0.164 e. The van der Waals surface area contributed by atoms with Gasteiger partial charge < -0.3 is 10.5 Å². The first-order valence-corrected chi connectivity index (χ1v) is 4.92. The molecule has 0 saturated heterocycles. The Bertz CT molecular complexity index is 333. The molecule has 1 rings (SSSR count). The SMILES string of the molecule is Cc1cc(CC(=O)COCCN)n(C)n1. The second kappa shape index (κ2) is 5.63. The molecule has 1 heterocycles. The third kappa shape index (κ3) is 3.81. The van der Waals surface area contributed by atoms with Gasteiger partial charge in [0.1, 0.15) is 6.61 Å². The molecule has 0 spiro atoms. The molecule has 2 N–H and O–H groups in total. The number of rotatable bonds is 6. The van der Waals surface area contributed by atoms with Crippen LogP contribution in [0.3, 0.4) is 0 Å². The number of ketones is 1. The van der Waals surface area contributed by atoms with Crippen LogP contribution >= 0.6 is 0 Å². The number of hydrogen-bond acceptors (Lipinski definition) is 4. The van der Waals surface area contributed by atoms with E-state index in [0.717, 1.165) is 11.4 Å². The van der Waals surface area contributed by atoms with Crippen LogP contribution in [0.1, 0.15) is 11.4 Å². The summed E-state index contributed by atoms with van der Waals surface area (Å²) in [7, 11) is 1.83. The molecule has 5 heteroatoms. The van der Waals surface area contributed by atoms with E-state index in [1.807, 2.05) is 20.0 Å². The van der Waals surface area contributed by atoms with Gasteiger partial charge in [0.05, 0.1) is 18.7 Å². The molecule has 0 atom stereocenters. The molecule has 0 amide bonds. The van der Waals surface area contributed by atoms with Crippen LogP contribution in [-0.2, 0) is 23.0 Å². The molecule has 15 heavy (non-hydrogen) atoms. The van der Waals surface area contributed by atoms with Gasteiger partial charge in [-0.1, -0.05) is 0 Å². The molecule has 0 radical (unpaired) electrons. The number of Topliss-reactive ketones (excluding diaryl/α,β-unsaturated/α-hetero) is 1. The average Bonchev–Trinajstić information content (AvgIpc) is 2.45. The molecule has 84 valence electrons. The average molecular weight is 211 g/mol. The van der Waals surface area contributed by atoms with Crippen LogP contribution in [-0.4, -0.2) is 35.3 Å². The van der Waals surface area contributed by atoms with Gasteiger partial charge in [-0.05, 0) is 13.0 Å². The van der Waals surface area contributed by atoms with Gasteiger partial charge in [0, 0.05) is 19.3 Å². The third-order valence-electron chi connectivity index (χ3n) is 2.00. The van der Waals surface area contributed by atoms with Crippen molar-refractivity contribution in [2.24, 2.45) is 12.8 Å². The fourth-order valence-electron chi connectivity index (χ4n) is 1.35. The van der Waals surface area contributed by atoms with E-state index in [0.29, 0.717) is 19.6 Å². The van der Waals surface area contributed by atoms with Gasteiger partial charge in [-0.15, -0.1) is 0 Å². The van der Waals surface area contributed by atoms with E-state index in [2.05, 4.69) is 5.10 Å². The van der Waals surface area contributed by atoms with Crippen LogP contribution in [0.2, 0.25) is 0 Å². The van der Waals surface area contributed by atoms with Crippen molar-refractivity contribution in [3.05, 3.63) is 17.5 Å². The maximum atomic E-state index is 11.4. The van der Waals surface area contributed by atoms with Crippen molar-refractivity contribution in [3.8, 4) is 0 Å². The number of aryl methyl sites for hydroxylation is 2. The zero-order chi connectivity index (χ0) is 11.3. The van der Waals surface area contributed by atoms with E-state index in [4.69, 9.17) is 10.5 Å². The van der Waals surface area contributed by atoms with Gasteiger partial charge in [-0.3, -0.25) is 9.48 Å². The Kier molecular flexibility index (Phi) is 4.45. The first-order valence-electron chi connectivity index (χ1n) is 4.92. The minimum Gasteiger partial charge on any atom is -0.372 e. The highest BCUT2D eigenvalue weighted by molar-refractivity contribution is 5.81. The third-order valence-corrected chi connectivity index (χ3v) is 2.00. The Balaban J connectivity index is 2.41. The Labute approximate surface area is 89.2 Å². The van der Waals surface area contributed by atoms with Crippen molar-refractivity contribution in [3.63, 3.8) is 0 Å². The molecule has 0 aromatic carbocycles. The Morgan fingerprint density at radius 1 is 1.67 bits per heavy atom. The Morgan fingerprint density at radius 3 is 2.93 bits per heavy atom. The summed E-state index contributed by atoms with van der Waals surface area (Å²) in [6, 6.07) is 1.90. The summed E-state index contributed by atoms with van der Waals surface area (Å²) in [6.45, 7) is 2.90. The Morgan fingerprint density at radius 2 is 2.40 bits per heavy atom. The number of carbonyl (C=O) groups is 1. The summed E-state index contributed by atoms with van der Waals surface area (Å²) >= 11 is 0. The lowest BCUT2D eigenvalue weighted by atomic mass is 10.2. The zero-order valence-electron chi connectivity index (χ0n) is 9.19. The van der Waals surface area contributed by atoms with Crippen LogP contribution in [0.4, 0.5) is 0 Å². The molecule has 0 aliphatic rings. The van der Waals surface area contributed by atoms with Crippen LogP contribution in [0.25, 0.3) is 0 Å². The predicted octanol–water partition coefficient (Wildman–Crippen LogP) is -0.185. The minimum absolute atomic E-state index is 0.0476. The monoisotopic (exact) mass is 211 g/mol. The second-order valence-corrected chi connectivity index (χ2v) is 3.46. The summed E-state index contributed by atoms with van der Waals surface area (Å²) in [5.74, 6) is 0.0476. The summed E-state index contributed by atoms with van der Waals surface area (Å²) in [4.78, 5) is 11.4. The zero-order valence-corrected chi connectivity index (χ0v) is 9.19. The number of nitrogens with zero attached hydrogens (tertiary/aromatic N) is 2. The van der Waals surface area contributed by atoms with Gasteiger partial charge in [0.15, 0.2) is 5.78 Å². The second-order valence-electron chi connectivity index (χ2n) is 3.46. The largest absolute Gasteiger partial charge is 0.372 e. The van der Waals surface area contributed by atoms with Gasteiger partial charge in [0.2, 0.25) is 0 Å². The lowest BCUT2D eigenvalue weighted by molar-refractivity contribution is -0.122. The van der Waals surface area contributed by atoms with Crippen molar-refractivity contribution < 1.29 is 9.53 Å². The summed E-state index contributed by atoms with van der Waals surface area (Å²) < 4.78 is 6.78. The topological polar surface area (TPSA) is 70.1 Å². The molecule has 0 bridgehead atoms. The fourth-order valence-corrected chi connectivity index (χ4v) is 1.35. The van der Waals surface area contributed by atoms with Crippen LogP contribution in [0.15, 0.2) is 6.07 Å². The maximum absolute atomic E-state index is 11.4. The van der Waals surface area contributed by atoms with Gasteiger partial charge in [0.25, 0.3) is 0 Å². The first kappa shape index (κ1) is 11.9. The lowest BCUT2D eigenvalue weighted by Gasteiger charge is -2.02. The van der Waals surface area contributed by atoms with Crippen molar-refractivity contribution in [2.75, 3.05) is 19.8 Å². The highest BCUT2D eigenvalue weighted by atomic mass is 16.5. The molecule has 0 saturated carbocycles. The van der Waals surface area contributed by atoms with E-state index < -0.39 is 0 Å². The van der Waals surface area contributed by atoms with E-state index in [-0.39, 0.29) is 12.4 Å². The molecular formula is C10H17N3O2. The highest BCUT2D eigenvalue weighted by Gasteiger charge is 2.08. The van der Waals surface area contributed by atoms with Crippen LogP contribution < -0.4 is 5.73 Å². The lowest BCUT2D eigenvalue weighted by Crippen LogP contribution is -2.17. The molecule has 5 nitrogen and oxygen atoms in total. The highest BCUT2D eigenvalue weighted by Crippen LogP contribution is 2.03. The molecule has 1 aromatic rings. The van der Waals surface area contributed by atoms with Gasteiger partial charge in [-0.2, -0.15) is 5.10 Å². The quantitative estimate of drug-likeness (QED) is 0.662. The van der Waals surface area contributed by atoms with Crippen LogP contribution in [0.5, 0.6) is 0 Å². The Hall–Kier alpha value is -1.20. The molecule has 0 fully saturated rings. The smallest absolute Gasteiger partial charge is 0.164 e. The predicted molar refractivity (Wildman–Crippen MR) is 56.5 cm³/mol. The van der Waals surface area contributed by atoms with Crippen molar-refractivity contribution >= 4 is 5.78 Å². The minimum atomic E-state index is 0.0476. The molecular weight excluding hydrogens is 194 g/mol. The molecule has 0 aliphatic carbocycles. The standard InChI is InChI=1S/C10H17N3O2/c1-8-5-9(13(2)12-8)6-10(14)7-15-4-3-11/h5H,3-4,6-7,11H2,1-2H3. The first-order chi connectivity index (χ1) is 7.13. The van der Waals surface area contributed by atoms with E-state index in [9.17, 15) is 4.79 Å². The summed E-state index contributed by atoms with van der Waals surface area (Å²) in [5, 5.41) is 4.16. The van der Waals surface area contributed by atoms with E-state index >= 15 is 0 Å². The number of aromatic nitrogens is 2. The fraction of sp³-hybridized carbons (Fsp3) is 0.600. The summed E-state index contributed by atoms with van der Waals surface area (Å²) in [6.07, 6.45) is 0.363. The number of ether oxygens (including phenoxy) is 1. The van der Waals surface area contributed by atoms with Gasteiger partial charge in [-0.25, -0.2) is 0 Å². The van der Waals surface area contributed by atoms with Crippen molar-refractivity contribution in [1.29, 1.82) is 0 Å². The van der Waals surface area contributed by atoms with Crippen molar-refractivity contribution in [1.82, 2.24) is 9.78 Å². The van der Waals surface area contributed by atoms with Gasteiger partial charge >= 0.3 is 0 Å². The number of nitrogens with two attached hydrogens (primary N) is 1. The van der Waals surface area contributed by atoms with E-state index in [1.54, 1.807) is 4.68 Å².